The Labute approximate surface area is 109 Å². The van der Waals surface area contributed by atoms with Gasteiger partial charge < -0.3 is 10.1 Å². The number of aromatic nitrogens is 2. The number of hydrogen-bond acceptors (Lipinski definition) is 5. The van der Waals surface area contributed by atoms with Gasteiger partial charge >= 0.3 is 5.97 Å². The highest BCUT2D eigenvalue weighted by Crippen LogP contribution is 2.16. The molecule has 0 aliphatic rings. The fourth-order valence-electron chi connectivity index (χ4n) is 1.32. The average molecular weight is 302 g/mol. The van der Waals surface area contributed by atoms with Gasteiger partial charge in [0, 0.05) is 19.2 Å². The summed E-state index contributed by atoms with van der Waals surface area (Å²) in [6.07, 6.45) is 6.54. The first-order chi connectivity index (χ1) is 8.24. The molecule has 94 valence electrons. The first-order valence-corrected chi connectivity index (χ1v) is 6.29. The Kier molecular flexibility index (Phi) is 6.54. The number of nitrogens with zero attached hydrogens (tertiary/aromatic N) is 2. The number of unbranched alkanes of at least 4 members (excludes halogenated alkanes) is 2. The molecule has 0 aromatic carbocycles. The van der Waals surface area contributed by atoms with Crippen LogP contribution < -0.4 is 5.32 Å². The van der Waals surface area contributed by atoms with Crippen molar-refractivity contribution in [2.75, 3.05) is 19.0 Å². The minimum absolute atomic E-state index is 0.142. The van der Waals surface area contributed by atoms with Gasteiger partial charge in [0.2, 0.25) is 0 Å². The summed E-state index contributed by atoms with van der Waals surface area (Å²) >= 11 is 3.36. The van der Waals surface area contributed by atoms with Gasteiger partial charge in [0.15, 0.2) is 0 Å². The smallest absolute Gasteiger partial charge is 0.305 e. The van der Waals surface area contributed by atoms with Crippen LogP contribution in [0.4, 0.5) is 5.82 Å². The minimum atomic E-state index is -0.142. The maximum absolute atomic E-state index is 10.8. The van der Waals surface area contributed by atoms with E-state index in [1.165, 1.54) is 13.4 Å². The summed E-state index contributed by atoms with van der Waals surface area (Å²) in [7, 11) is 1.41. The van der Waals surface area contributed by atoms with Crippen LogP contribution in [-0.2, 0) is 9.53 Å². The highest BCUT2D eigenvalue weighted by molar-refractivity contribution is 9.10. The lowest BCUT2D eigenvalue weighted by Crippen LogP contribution is -2.05. The van der Waals surface area contributed by atoms with Crippen molar-refractivity contribution in [3.63, 3.8) is 0 Å². The number of carbonyl (C=O) groups excluding carboxylic acids is 1. The summed E-state index contributed by atoms with van der Waals surface area (Å²) in [4.78, 5) is 18.8. The van der Waals surface area contributed by atoms with Crippen molar-refractivity contribution < 1.29 is 9.53 Å². The number of anilines is 1. The SMILES string of the molecule is COC(=O)CCCCCNc1ncncc1Br. The first-order valence-electron chi connectivity index (χ1n) is 5.50. The summed E-state index contributed by atoms with van der Waals surface area (Å²) in [6.45, 7) is 0.830. The second kappa shape index (κ2) is 8.00. The lowest BCUT2D eigenvalue weighted by molar-refractivity contribution is -0.140. The van der Waals surface area contributed by atoms with E-state index in [0.29, 0.717) is 6.42 Å². The predicted octanol–water partition coefficient (Wildman–Crippen LogP) is 2.38. The summed E-state index contributed by atoms with van der Waals surface area (Å²) in [6, 6.07) is 0. The van der Waals surface area contributed by atoms with Crippen molar-refractivity contribution in [1.82, 2.24) is 9.97 Å². The molecule has 0 saturated heterocycles. The molecule has 1 heterocycles. The molecule has 0 bridgehead atoms. The maximum Gasteiger partial charge on any atom is 0.305 e. The fraction of sp³-hybridized carbons (Fsp3) is 0.545. The van der Waals surface area contributed by atoms with E-state index >= 15 is 0 Å². The van der Waals surface area contributed by atoms with E-state index in [1.54, 1.807) is 6.20 Å². The third kappa shape index (κ3) is 5.63. The Morgan fingerprint density at radius 1 is 1.47 bits per heavy atom. The molecule has 0 amide bonds. The molecule has 0 aliphatic heterocycles. The molecule has 0 unspecified atom stereocenters. The first kappa shape index (κ1) is 13.9. The molecule has 17 heavy (non-hydrogen) atoms. The monoisotopic (exact) mass is 301 g/mol. The number of ether oxygens (including phenoxy) is 1. The molecule has 0 atom stereocenters. The topological polar surface area (TPSA) is 64.1 Å². The fourth-order valence-corrected chi connectivity index (χ4v) is 1.68. The van der Waals surface area contributed by atoms with Gasteiger partial charge in [-0.2, -0.15) is 0 Å². The molecular weight excluding hydrogens is 286 g/mol. The van der Waals surface area contributed by atoms with Gasteiger partial charge in [0.1, 0.15) is 12.1 Å². The van der Waals surface area contributed by atoms with Gasteiger partial charge in [0.25, 0.3) is 0 Å². The van der Waals surface area contributed by atoms with E-state index in [9.17, 15) is 4.79 Å². The molecule has 1 aromatic rings. The standard InChI is InChI=1S/C11H16BrN3O2/c1-17-10(16)5-3-2-4-6-14-11-9(12)7-13-8-15-11/h7-8H,2-6H2,1H3,(H,13,14,15). The Morgan fingerprint density at radius 3 is 3.00 bits per heavy atom. The minimum Gasteiger partial charge on any atom is -0.469 e. The van der Waals surface area contributed by atoms with Crippen LogP contribution in [0.1, 0.15) is 25.7 Å². The van der Waals surface area contributed by atoms with Crippen LogP contribution in [0.5, 0.6) is 0 Å². The zero-order chi connectivity index (χ0) is 12.5. The van der Waals surface area contributed by atoms with Crippen LogP contribution in [0.25, 0.3) is 0 Å². The number of halogens is 1. The Bertz CT molecular complexity index is 360. The van der Waals surface area contributed by atoms with Crippen LogP contribution in [-0.4, -0.2) is 29.6 Å². The van der Waals surface area contributed by atoms with Crippen molar-refractivity contribution in [2.24, 2.45) is 0 Å². The zero-order valence-corrected chi connectivity index (χ0v) is 11.4. The van der Waals surface area contributed by atoms with Gasteiger partial charge in [-0.15, -0.1) is 0 Å². The van der Waals surface area contributed by atoms with E-state index in [1.807, 2.05) is 0 Å². The molecule has 5 nitrogen and oxygen atoms in total. The molecule has 0 radical (unpaired) electrons. The number of nitrogens with one attached hydrogen (secondary N) is 1. The lowest BCUT2D eigenvalue weighted by Gasteiger charge is -2.06. The average Bonchev–Trinajstić information content (AvgIpc) is 2.35. The molecule has 1 rings (SSSR count). The molecule has 6 heteroatoms. The van der Waals surface area contributed by atoms with Crippen molar-refractivity contribution >= 4 is 27.7 Å². The van der Waals surface area contributed by atoms with Gasteiger partial charge in [0.05, 0.1) is 11.6 Å². The van der Waals surface area contributed by atoms with E-state index in [0.717, 1.165) is 36.1 Å². The Morgan fingerprint density at radius 2 is 2.29 bits per heavy atom. The summed E-state index contributed by atoms with van der Waals surface area (Å²) in [5, 5.41) is 3.20. The Hall–Kier alpha value is -1.17. The largest absolute Gasteiger partial charge is 0.469 e. The molecule has 1 aromatic heterocycles. The van der Waals surface area contributed by atoms with E-state index in [2.05, 4.69) is 36.0 Å². The maximum atomic E-state index is 10.8. The molecule has 0 aliphatic carbocycles. The molecule has 0 fully saturated rings. The van der Waals surface area contributed by atoms with E-state index in [4.69, 9.17) is 0 Å². The van der Waals surface area contributed by atoms with Crippen LogP contribution in [0.2, 0.25) is 0 Å². The normalized spacial score (nSPS) is 10.0. The van der Waals surface area contributed by atoms with Gasteiger partial charge in [-0.1, -0.05) is 6.42 Å². The van der Waals surface area contributed by atoms with Crippen LogP contribution in [0.15, 0.2) is 17.0 Å². The van der Waals surface area contributed by atoms with E-state index in [-0.39, 0.29) is 5.97 Å². The summed E-state index contributed by atoms with van der Waals surface area (Å²) < 4.78 is 5.42. The predicted molar refractivity (Wildman–Crippen MR) is 68.7 cm³/mol. The molecule has 1 N–H and O–H groups in total. The Balaban J connectivity index is 2.09. The van der Waals surface area contributed by atoms with Crippen LogP contribution in [0, 0.1) is 0 Å². The summed E-state index contributed by atoms with van der Waals surface area (Å²) in [5.74, 6) is 0.657. The molecular formula is C11H16BrN3O2. The molecule has 0 spiro atoms. The molecule has 0 saturated carbocycles. The lowest BCUT2D eigenvalue weighted by atomic mass is 10.2. The third-order valence-corrected chi connectivity index (χ3v) is 2.83. The van der Waals surface area contributed by atoms with Crippen molar-refractivity contribution in [3.05, 3.63) is 17.0 Å². The number of hydrogen-bond donors (Lipinski definition) is 1. The van der Waals surface area contributed by atoms with Crippen molar-refractivity contribution in [1.29, 1.82) is 0 Å². The zero-order valence-electron chi connectivity index (χ0n) is 9.78. The van der Waals surface area contributed by atoms with E-state index < -0.39 is 0 Å². The number of methoxy groups -OCH3 is 1. The van der Waals surface area contributed by atoms with Crippen molar-refractivity contribution in [2.45, 2.75) is 25.7 Å². The van der Waals surface area contributed by atoms with Gasteiger partial charge in [-0.25, -0.2) is 9.97 Å². The summed E-state index contributed by atoms with van der Waals surface area (Å²) in [5.41, 5.74) is 0. The quantitative estimate of drug-likeness (QED) is 0.619. The van der Waals surface area contributed by atoms with Gasteiger partial charge in [-0.05, 0) is 28.8 Å². The number of carbonyl (C=O) groups is 1. The highest BCUT2D eigenvalue weighted by Gasteiger charge is 2.01. The number of esters is 1. The highest BCUT2D eigenvalue weighted by atomic mass is 79.9. The second-order valence-electron chi connectivity index (χ2n) is 3.53. The van der Waals surface area contributed by atoms with Crippen LogP contribution >= 0.6 is 15.9 Å². The third-order valence-electron chi connectivity index (χ3n) is 2.25. The van der Waals surface area contributed by atoms with Crippen LogP contribution in [0.3, 0.4) is 0 Å². The van der Waals surface area contributed by atoms with Gasteiger partial charge in [-0.3, -0.25) is 4.79 Å². The number of rotatable bonds is 7. The van der Waals surface area contributed by atoms with Crippen molar-refractivity contribution in [3.8, 4) is 0 Å². The second-order valence-corrected chi connectivity index (χ2v) is 4.39.